The smallest absolute Gasteiger partial charge is 0.234 e. The highest BCUT2D eigenvalue weighted by Gasteiger charge is 2.39. The fourth-order valence-corrected chi connectivity index (χ4v) is 2.52. The molecule has 1 unspecified atom stereocenters. The van der Waals surface area contributed by atoms with Crippen LogP contribution in [0.3, 0.4) is 0 Å². The van der Waals surface area contributed by atoms with Gasteiger partial charge in [0.1, 0.15) is 0 Å². The molecule has 1 fully saturated rings. The van der Waals surface area contributed by atoms with E-state index in [-0.39, 0.29) is 5.41 Å². The van der Waals surface area contributed by atoms with Crippen LogP contribution in [0.5, 0.6) is 0 Å². The molecule has 0 aliphatic carbocycles. The molecule has 1 N–H and O–H groups in total. The van der Waals surface area contributed by atoms with E-state index in [0.29, 0.717) is 0 Å². The van der Waals surface area contributed by atoms with Crippen LogP contribution in [0.1, 0.15) is 51.2 Å². The molecule has 2 heterocycles. The minimum absolute atomic E-state index is 0.105. The molecule has 2 rings (SSSR count). The van der Waals surface area contributed by atoms with Crippen molar-refractivity contribution in [2.24, 2.45) is 0 Å². The third-order valence-corrected chi connectivity index (χ3v) is 3.37. The van der Waals surface area contributed by atoms with E-state index in [1.807, 2.05) is 0 Å². The summed E-state index contributed by atoms with van der Waals surface area (Å²) < 4.78 is 5.46. The number of nitrogens with zero attached hydrogens (tertiary/aromatic N) is 2. The van der Waals surface area contributed by atoms with Crippen LogP contribution in [0, 0.1) is 0 Å². The Morgan fingerprint density at radius 3 is 2.88 bits per heavy atom. The van der Waals surface area contributed by atoms with Gasteiger partial charge in [0.2, 0.25) is 5.89 Å². The van der Waals surface area contributed by atoms with Crippen molar-refractivity contribution in [3.8, 4) is 0 Å². The number of hydrogen-bond donors (Lipinski definition) is 1. The normalized spacial score (nSPS) is 25.1. The van der Waals surface area contributed by atoms with Gasteiger partial charge in [-0.05, 0) is 25.8 Å². The topological polar surface area (TPSA) is 51.0 Å². The second-order valence-electron chi connectivity index (χ2n) is 4.72. The van der Waals surface area contributed by atoms with Gasteiger partial charge in [-0.2, -0.15) is 4.98 Å². The van der Waals surface area contributed by atoms with Gasteiger partial charge in [0.05, 0.1) is 5.41 Å². The van der Waals surface area contributed by atoms with E-state index in [1.165, 1.54) is 0 Å². The summed E-state index contributed by atoms with van der Waals surface area (Å²) in [5.41, 5.74) is 0.105. The summed E-state index contributed by atoms with van der Waals surface area (Å²) in [6.45, 7) is 6.39. The van der Waals surface area contributed by atoms with Crippen LogP contribution in [0.2, 0.25) is 0 Å². The quantitative estimate of drug-likeness (QED) is 0.830. The van der Waals surface area contributed by atoms with Gasteiger partial charge in [-0.25, -0.2) is 0 Å². The van der Waals surface area contributed by atoms with Crippen LogP contribution in [0.15, 0.2) is 4.52 Å². The molecule has 4 nitrogen and oxygen atoms in total. The highest BCUT2D eigenvalue weighted by molar-refractivity contribution is 5.10. The van der Waals surface area contributed by atoms with E-state index in [9.17, 15) is 0 Å². The minimum Gasteiger partial charge on any atom is -0.339 e. The highest BCUT2D eigenvalue weighted by Crippen LogP contribution is 2.34. The van der Waals surface area contributed by atoms with Gasteiger partial charge < -0.3 is 9.84 Å². The molecule has 1 saturated heterocycles. The molecule has 1 aromatic rings. The summed E-state index contributed by atoms with van der Waals surface area (Å²) >= 11 is 0. The molecule has 0 spiro atoms. The van der Waals surface area contributed by atoms with Crippen molar-refractivity contribution in [3.05, 3.63) is 11.7 Å². The van der Waals surface area contributed by atoms with Crippen LogP contribution in [-0.4, -0.2) is 23.2 Å². The van der Waals surface area contributed by atoms with E-state index in [2.05, 4.69) is 29.3 Å². The predicted molar refractivity (Wildman–Crippen MR) is 62.4 cm³/mol. The second-order valence-corrected chi connectivity index (χ2v) is 4.72. The molecule has 0 amide bonds. The maximum atomic E-state index is 5.46. The molecular formula is C12H21N3O. The maximum Gasteiger partial charge on any atom is 0.234 e. The first-order chi connectivity index (χ1) is 7.80. The average molecular weight is 223 g/mol. The summed E-state index contributed by atoms with van der Waals surface area (Å²) in [6.07, 6.45) is 5.40. The predicted octanol–water partition coefficient (Wildman–Crippen LogP) is 2.05. The first kappa shape index (κ1) is 11.6. The van der Waals surface area contributed by atoms with E-state index in [1.54, 1.807) is 0 Å². The van der Waals surface area contributed by atoms with Crippen molar-refractivity contribution in [2.45, 2.75) is 51.4 Å². The van der Waals surface area contributed by atoms with Gasteiger partial charge in [0.25, 0.3) is 0 Å². The Labute approximate surface area is 96.8 Å². The summed E-state index contributed by atoms with van der Waals surface area (Å²) in [4.78, 5) is 4.56. The van der Waals surface area contributed by atoms with Gasteiger partial charge in [0.15, 0.2) is 5.82 Å². The lowest BCUT2D eigenvalue weighted by molar-refractivity contribution is 0.275. The van der Waals surface area contributed by atoms with E-state index >= 15 is 0 Å². The Balaban J connectivity index is 2.18. The fraction of sp³-hybridized carbons (Fsp3) is 0.833. The molecule has 4 heteroatoms. The summed E-state index contributed by atoms with van der Waals surface area (Å²) in [5, 5.41) is 7.47. The number of nitrogens with one attached hydrogen (secondary N) is 1. The maximum absolute atomic E-state index is 5.46. The van der Waals surface area contributed by atoms with Gasteiger partial charge in [-0.15, -0.1) is 0 Å². The standard InChI is InChI=1S/C12H21N3O/c1-3-5-10-14-11(16-15-10)12(6-4-2)7-8-13-9-12/h13H,3-9H2,1-2H3. The van der Waals surface area contributed by atoms with Gasteiger partial charge in [0, 0.05) is 13.0 Å². The minimum atomic E-state index is 0.105. The molecule has 0 bridgehead atoms. The van der Waals surface area contributed by atoms with Crippen LogP contribution >= 0.6 is 0 Å². The summed E-state index contributed by atoms with van der Waals surface area (Å²) in [7, 11) is 0. The van der Waals surface area contributed by atoms with Gasteiger partial charge in [-0.3, -0.25) is 0 Å². The van der Waals surface area contributed by atoms with E-state index in [4.69, 9.17) is 4.52 Å². The van der Waals surface area contributed by atoms with Gasteiger partial charge >= 0.3 is 0 Å². The van der Waals surface area contributed by atoms with Crippen LogP contribution in [0.4, 0.5) is 0 Å². The molecule has 90 valence electrons. The molecule has 0 radical (unpaired) electrons. The van der Waals surface area contributed by atoms with Crippen LogP contribution < -0.4 is 5.32 Å². The lowest BCUT2D eigenvalue weighted by Gasteiger charge is -2.22. The zero-order valence-electron chi connectivity index (χ0n) is 10.3. The van der Waals surface area contributed by atoms with Crippen molar-refractivity contribution in [1.82, 2.24) is 15.5 Å². The monoisotopic (exact) mass is 223 g/mol. The number of rotatable bonds is 5. The van der Waals surface area contributed by atoms with Gasteiger partial charge in [-0.1, -0.05) is 25.4 Å². The molecule has 16 heavy (non-hydrogen) atoms. The molecule has 1 aliphatic rings. The summed E-state index contributed by atoms with van der Waals surface area (Å²) in [5.74, 6) is 1.71. The Kier molecular flexibility index (Phi) is 3.59. The first-order valence-corrected chi connectivity index (χ1v) is 6.34. The lowest BCUT2D eigenvalue weighted by Crippen LogP contribution is -2.29. The number of aromatic nitrogens is 2. The molecule has 0 saturated carbocycles. The molecular weight excluding hydrogens is 202 g/mol. The third-order valence-electron chi connectivity index (χ3n) is 3.37. The van der Waals surface area contributed by atoms with Crippen molar-refractivity contribution >= 4 is 0 Å². The van der Waals surface area contributed by atoms with Crippen molar-refractivity contribution < 1.29 is 4.52 Å². The van der Waals surface area contributed by atoms with Crippen molar-refractivity contribution in [3.63, 3.8) is 0 Å². The lowest BCUT2D eigenvalue weighted by atomic mass is 9.82. The Hall–Kier alpha value is -0.900. The molecule has 1 aromatic heterocycles. The SMILES string of the molecule is CCCc1noc(C2(CCC)CCNC2)n1. The molecule has 1 aliphatic heterocycles. The first-order valence-electron chi connectivity index (χ1n) is 6.34. The third kappa shape index (κ3) is 2.12. The largest absolute Gasteiger partial charge is 0.339 e. The highest BCUT2D eigenvalue weighted by atomic mass is 16.5. The second kappa shape index (κ2) is 4.95. The van der Waals surface area contributed by atoms with E-state index in [0.717, 1.165) is 56.9 Å². The van der Waals surface area contributed by atoms with Crippen molar-refractivity contribution in [1.29, 1.82) is 0 Å². The van der Waals surface area contributed by atoms with Crippen LogP contribution in [0.25, 0.3) is 0 Å². The average Bonchev–Trinajstić information content (AvgIpc) is 2.88. The van der Waals surface area contributed by atoms with Crippen LogP contribution in [-0.2, 0) is 11.8 Å². The zero-order valence-corrected chi connectivity index (χ0v) is 10.3. The summed E-state index contributed by atoms with van der Waals surface area (Å²) in [6, 6.07) is 0. The number of aryl methyl sites for hydroxylation is 1. The Morgan fingerprint density at radius 1 is 1.38 bits per heavy atom. The molecule has 0 aromatic carbocycles. The Morgan fingerprint density at radius 2 is 2.25 bits per heavy atom. The van der Waals surface area contributed by atoms with Crippen molar-refractivity contribution in [2.75, 3.05) is 13.1 Å². The molecule has 1 atom stereocenters. The van der Waals surface area contributed by atoms with E-state index < -0.39 is 0 Å². The zero-order chi connectivity index (χ0) is 11.4. The Bertz CT molecular complexity index is 329. The number of hydrogen-bond acceptors (Lipinski definition) is 4. The fourth-order valence-electron chi connectivity index (χ4n) is 2.52.